The van der Waals surface area contributed by atoms with Gasteiger partial charge in [0.1, 0.15) is 18.2 Å². The van der Waals surface area contributed by atoms with Crippen molar-refractivity contribution in [2.45, 2.75) is 33.3 Å². The highest BCUT2D eigenvalue weighted by atomic mass is 16.5. The Balaban J connectivity index is 2.06. The first-order valence-electron chi connectivity index (χ1n) is 6.50. The molecule has 100 valence electrons. The number of ether oxygens (including phenoxy) is 1. The second-order valence-electron chi connectivity index (χ2n) is 5.18. The Morgan fingerprint density at radius 2 is 1.94 bits per heavy atom. The topological polar surface area (TPSA) is 59.1 Å². The van der Waals surface area contributed by atoms with Gasteiger partial charge in [0.2, 0.25) is 0 Å². The summed E-state index contributed by atoms with van der Waals surface area (Å²) in [6.07, 6.45) is 2.60. The first-order chi connectivity index (χ1) is 8.65. The molecule has 2 N–H and O–H groups in total. The van der Waals surface area contributed by atoms with Gasteiger partial charge in [0, 0.05) is 26.3 Å². The van der Waals surface area contributed by atoms with Crippen molar-refractivity contribution in [3.63, 3.8) is 0 Å². The maximum atomic E-state index is 5.09. The number of hydrogen-bond acceptors (Lipinski definition) is 5. The molecule has 1 aromatic heterocycles. The number of anilines is 2. The molecule has 1 aliphatic rings. The predicted octanol–water partition coefficient (Wildman–Crippen LogP) is 2.27. The zero-order chi connectivity index (χ0) is 13.0. The van der Waals surface area contributed by atoms with Crippen LogP contribution in [-0.2, 0) is 11.3 Å². The average Bonchev–Trinajstić information content (AvgIpc) is 3.06. The van der Waals surface area contributed by atoms with Crippen LogP contribution in [0.1, 0.15) is 32.5 Å². The van der Waals surface area contributed by atoms with Crippen LogP contribution in [0, 0.1) is 5.41 Å². The van der Waals surface area contributed by atoms with Gasteiger partial charge < -0.3 is 15.4 Å². The normalized spacial score (nSPS) is 16.4. The molecule has 1 fully saturated rings. The van der Waals surface area contributed by atoms with Crippen molar-refractivity contribution in [1.82, 2.24) is 9.97 Å². The predicted molar refractivity (Wildman–Crippen MR) is 72.7 cm³/mol. The van der Waals surface area contributed by atoms with Crippen LogP contribution in [0.5, 0.6) is 0 Å². The molecule has 0 aromatic carbocycles. The SMILES string of the molecule is CCNc1cc(NCC2(C)CC2)nc(COC)n1. The van der Waals surface area contributed by atoms with Crippen molar-refractivity contribution < 1.29 is 4.74 Å². The van der Waals surface area contributed by atoms with Crippen LogP contribution in [0.2, 0.25) is 0 Å². The van der Waals surface area contributed by atoms with Gasteiger partial charge in [-0.15, -0.1) is 0 Å². The Labute approximate surface area is 108 Å². The molecule has 0 atom stereocenters. The second-order valence-corrected chi connectivity index (χ2v) is 5.18. The van der Waals surface area contributed by atoms with E-state index in [0.29, 0.717) is 17.8 Å². The van der Waals surface area contributed by atoms with Crippen molar-refractivity contribution >= 4 is 11.6 Å². The minimum absolute atomic E-state index is 0.436. The molecule has 18 heavy (non-hydrogen) atoms. The highest BCUT2D eigenvalue weighted by Crippen LogP contribution is 2.44. The quantitative estimate of drug-likeness (QED) is 0.777. The van der Waals surface area contributed by atoms with E-state index in [1.807, 2.05) is 6.07 Å². The van der Waals surface area contributed by atoms with Crippen LogP contribution in [-0.4, -0.2) is 30.2 Å². The van der Waals surface area contributed by atoms with E-state index in [2.05, 4.69) is 34.4 Å². The monoisotopic (exact) mass is 250 g/mol. The molecule has 0 unspecified atom stereocenters. The fraction of sp³-hybridized carbons (Fsp3) is 0.692. The molecule has 0 aliphatic heterocycles. The number of hydrogen-bond donors (Lipinski definition) is 2. The van der Waals surface area contributed by atoms with Gasteiger partial charge in [0.05, 0.1) is 0 Å². The summed E-state index contributed by atoms with van der Waals surface area (Å²) in [6.45, 7) is 6.60. The van der Waals surface area contributed by atoms with Crippen LogP contribution < -0.4 is 10.6 Å². The molecule has 0 bridgehead atoms. The van der Waals surface area contributed by atoms with Crippen molar-refractivity contribution in [1.29, 1.82) is 0 Å². The molecule has 0 spiro atoms. The molecule has 1 aromatic rings. The lowest BCUT2D eigenvalue weighted by molar-refractivity contribution is 0.178. The van der Waals surface area contributed by atoms with Gasteiger partial charge in [-0.05, 0) is 25.2 Å². The van der Waals surface area contributed by atoms with Gasteiger partial charge in [0.15, 0.2) is 5.82 Å². The van der Waals surface area contributed by atoms with Gasteiger partial charge >= 0.3 is 0 Å². The molecular formula is C13H22N4O. The van der Waals surface area contributed by atoms with E-state index < -0.39 is 0 Å². The van der Waals surface area contributed by atoms with Gasteiger partial charge in [-0.25, -0.2) is 9.97 Å². The first-order valence-corrected chi connectivity index (χ1v) is 6.50. The van der Waals surface area contributed by atoms with E-state index in [9.17, 15) is 0 Å². The summed E-state index contributed by atoms with van der Waals surface area (Å²) in [7, 11) is 1.65. The number of aromatic nitrogens is 2. The van der Waals surface area contributed by atoms with Crippen molar-refractivity contribution in [3.8, 4) is 0 Å². The number of methoxy groups -OCH3 is 1. The smallest absolute Gasteiger partial charge is 0.158 e. The van der Waals surface area contributed by atoms with E-state index in [0.717, 1.165) is 24.7 Å². The van der Waals surface area contributed by atoms with Crippen LogP contribution in [0.4, 0.5) is 11.6 Å². The van der Waals surface area contributed by atoms with Crippen LogP contribution in [0.3, 0.4) is 0 Å². The van der Waals surface area contributed by atoms with Crippen LogP contribution in [0.15, 0.2) is 6.07 Å². The zero-order valence-electron chi connectivity index (χ0n) is 11.4. The summed E-state index contributed by atoms with van der Waals surface area (Å²) in [5, 5.41) is 6.61. The van der Waals surface area contributed by atoms with Crippen LogP contribution >= 0.6 is 0 Å². The number of nitrogens with one attached hydrogen (secondary N) is 2. The molecule has 5 nitrogen and oxygen atoms in total. The van der Waals surface area contributed by atoms with Gasteiger partial charge in [-0.2, -0.15) is 0 Å². The van der Waals surface area contributed by atoms with E-state index in [1.165, 1.54) is 12.8 Å². The lowest BCUT2D eigenvalue weighted by Gasteiger charge is -2.13. The standard InChI is InChI=1S/C13H22N4O/c1-4-14-10-7-11(15-9-13(2)5-6-13)17-12(16-10)8-18-3/h7H,4-6,8-9H2,1-3H3,(H2,14,15,16,17). The van der Waals surface area contributed by atoms with Gasteiger partial charge in [-0.3, -0.25) is 0 Å². The fourth-order valence-electron chi connectivity index (χ4n) is 1.75. The average molecular weight is 250 g/mol. The molecule has 1 saturated carbocycles. The second kappa shape index (κ2) is 5.52. The molecule has 1 heterocycles. The Morgan fingerprint density at radius 1 is 1.28 bits per heavy atom. The van der Waals surface area contributed by atoms with E-state index >= 15 is 0 Å². The number of rotatable bonds is 7. The molecule has 2 rings (SSSR count). The summed E-state index contributed by atoms with van der Waals surface area (Å²) in [5.74, 6) is 2.43. The lowest BCUT2D eigenvalue weighted by atomic mass is 10.1. The maximum absolute atomic E-state index is 5.09. The van der Waals surface area contributed by atoms with E-state index in [1.54, 1.807) is 7.11 Å². The Hall–Kier alpha value is -1.36. The Morgan fingerprint density at radius 3 is 2.50 bits per heavy atom. The minimum atomic E-state index is 0.436. The Kier molecular flexibility index (Phi) is 4.01. The van der Waals surface area contributed by atoms with Gasteiger partial charge in [0.25, 0.3) is 0 Å². The third kappa shape index (κ3) is 3.57. The summed E-state index contributed by atoms with van der Waals surface area (Å²) in [4.78, 5) is 8.83. The summed E-state index contributed by atoms with van der Waals surface area (Å²) >= 11 is 0. The molecule has 1 aliphatic carbocycles. The molecule has 0 amide bonds. The molecular weight excluding hydrogens is 228 g/mol. The molecule has 0 radical (unpaired) electrons. The lowest BCUT2D eigenvalue weighted by Crippen LogP contribution is -2.14. The van der Waals surface area contributed by atoms with Crippen LogP contribution in [0.25, 0.3) is 0 Å². The highest BCUT2D eigenvalue weighted by molar-refractivity contribution is 5.47. The highest BCUT2D eigenvalue weighted by Gasteiger charge is 2.36. The molecule has 5 heteroatoms. The third-order valence-corrected chi connectivity index (χ3v) is 3.20. The van der Waals surface area contributed by atoms with Crippen molar-refractivity contribution in [3.05, 3.63) is 11.9 Å². The van der Waals surface area contributed by atoms with Crippen molar-refractivity contribution in [2.75, 3.05) is 30.8 Å². The number of nitrogens with zero attached hydrogens (tertiary/aromatic N) is 2. The van der Waals surface area contributed by atoms with Gasteiger partial charge in [-0.1, -0.05) is 6.92 Å². The zero-order valence-corrected chi connectivity index (χ0v) is 11.4. The fourth-order valence-corrected chi connectivity index (χ4v) is 1.75. The first kappa shape index (κ1) is 13.1. The molecule has 0 saturated heterocycles. The summed E-state index contributed by atoms with van der Waals surface area (Å²) in [5.41, 5.74) is 0.463. The van der Waals surface area contributed by atoms with E-state index in [-0.39, 0.29) is 0 Å². The Bertz CT molecular complexity index is 380. The van der Waals surface area contributed by atoms with Crippen molar-refractivity contribution in [2.24, 2.45) is 5.41 Å². The van der Waals surface area contributed by atoms with E-state index in [4.69, 9.17) is 4.74 Å². The summed E-state index contributed by atoms with van der Waals surface area (Å²) in [6, 6.07) is 1.95. The third-order valence-electron chi connectivity index (χ3n) is 3.20. The minimum Gasteiger partial charge on any atom is -0.377 e. The maximum Gasteiger partial charge on any atom is 0.158 e. The summed E-state index contributed by atoms with van der Waals surface area (Å²) < 4.78 is 5.09. The largest absolute Gasteiger partial charge is 0.377 e.